The molecule has 0 amide bonds. The van der Waals surface area contributed by atoms with Crippen molar-refractivity contribution in [1.29, 1.82) is 10.5 Å². The summed E-state index contributed by atoms with van der Waals surface area (Å²) in [4.78, 5) is 4.30. The molecule has 0 spiro atoms. The second-order valence-corrected chi connectivity index (χ2v) is 5.83. The van der Waals surface area contributed by atoms with Crippen LogP contribution in [0.25, 0.3) is 0 Å². The van der Waals surface area contributed by atoms with E-state index in [-0.39, 0.29) is 11.8 Å². The van der Waals surface area contributed by atoms with Crippen molar-refractivity contribution in [3.8, 4) is 12.1 Å². The molecule has 22 heavy (non-hydrogen) atoms. The van der Waals surface area contributed by atoms with Crippen LogP contribution in [0.1, 0.15) is 46.5 Å². The number of nitriles is 2. The van der Waals surface area contributed by atoms with Crippen molar-refractivity contribution in [1.82, 2.24) is 0 Å². The first-order chi connectivity index (χ1) is 10.6. The maximum atomic E-state index is 9.91. The van der Waals surface area contributed by atoms with E-state index in [1.165, 1.54) is 0 Å². The van der Waals surface area contributed by atoms with Gasteiger partial charge in [-0.3, -0.25) is 0 Å². The number of rotatable bonds is 8. The van der Waals surface area contributed by atoms with Gasteiger partial charge in [0, 0.05) is 19.1 Å². The quantitative estimate of drug-likeness (QED) is 0.547. The van der Waals surface area contributed by atoms with Gasteiger partial charge in [-0.2, -0.15) is 10.5 Å². The first-order valence-electron chi connectivity index (χ1n) is 8.03. The van der Waals surface area contributed by atoms with Crippen LogP contribution in [0.15, 0.2) is 4.99 Å². The van der Waals surface area contributed by atoms with Gasteiger partial charge in [-0.05, 0) is 20.3 Å². The fraction of sp³-hybridized carbons (Fsp3) is 0.812. The Morgan fingerprint density at radius 3 is 2.23 bits per heavy atom. The zero-order chi connectivity index (χ0) is 16.4. The number of nitrogens with two attached hydrogens (primary N) is 1. The van der Waals surface area contributed by atoms with E-state index >= 15 is 0 Å². The third-order valence-electron chi connectivity index (χ3n) is 4.88. The highest BCUT2D eigenvalue weighted by atomic mass is 16.7. The molecule has 0 aromatic rings. The molecule has 1 aliphatic heterocycles. The zero-order valence-electron chi connectivity index (χ0n) is 13.6. The summed E-state index contributed by atoms with van der Waals surface area (Å²) < 4.78 is 11.5. The molecular formula is C16H24N4O2. The highest BCUT2D eigenvalue weighted by molar-refractivity contribution is 5.98. The Morgan fingerprint density at radius 2 is 1.77 bits per heavy atom. The van der Waals surface area contributed by atoms with E-state index in [1.807, 2.05) is 13.8 Å². The van der Waals surface area contributed by atoms with Crippen LogP contribution in [-0.4, -0.2) is 25.0 Å². The summed E-state index contributed by atoms with van der Waals surface area (Å²) in [5, 5.41) is 19.7. The van der Waals surface area contributed by atoms with Crippen molar-refractivity contribution in [2.24, 2.45) is 27.5 Å². The van der Waals surface area contributed by atoms with Crippen molar-refractivity contribution in [2.45, 2.75) is 52.4 Å². The van der Waals surface area contributed by atoms with Crippen molar-refractivity contribution in [3.63, 3.8) is 0 Å². The van der Waals surface area contributed by atoms with Crippen LogP contribution in [0.3, 0.4) is 0 Å². The van der Waals surface area contributed by atoms with Crippen LogP contribution in [0.2, 0.25) is 0 Å². The Labute approximate surface area is 131 Å². The van der Waals surface area contributed by atoms with Crippen molar-refractivity contribution < 1.29 is 9.47 Å². The minimum atomic E-state index is -1.44. The Hall–Kier alpha value is -1.63. The fourth-order valence-corrected chi connectivity index (χ4v) is 3.95. The first kappa shape index (κ1) is 16.7. The minimum absolute atomic E-state index is 0.181. The highest BCUT2D eigenvalue weighted by Crippen LogP contribution is 2.79. The number of ether oxygens (including phenoxy) is 2. The molecule has 0 radical (unpaired) electrons. The molecule has 0 saturated heterocycles. The molecule has 1 heterocycles. The molecule has 1 fully saturated rings. The maximum Gasteiger partial charge on any atom is 0.293 e. The Bertz CT molecular complexity index is 541. The van der Waals surface area contributed by atoms with Gasteiger partial charge in [0.05, 0.1) is 12.1 Å². The molecule has 1 saturated carbocycles. The van der Waals surface area contributed by atoms with Gasteiger partial charge < -0.3 is 15.2 Å². The molecule has 1 aliphatic carbocycles. The second-order valence-electron chi connectivity index (χ2n) is 5.83. The summed E-state index contributed by atoms with van der Waals surface area (Å²) in [6, 6.07) is 4.57. The predicted octanol–water partition coefficient (Wildman–Crippen LogP) is 2.31. The average molecular weight is 304 g/mol. The van der Waals surface area contributed by atoms with Gasteiger partial charge in [0.15, 0.2) is 5.41 Å². The van der Waals surface area contributed by atoms with Gasteiger partial charge in [-0.15, -0.1) is 0 Å². The molecule has 0 bridgehead atoms. The Morgan fingerprint density at radius 1 is 1.14 bits per heavy atom. The lowest BCUT2D eigenvalue weighted by Gasteiger charge is -2.31. The van der Waals surface area contributed by atoms with Crippen LogP contribution in [-0.2, 0) is 9.47 Å². The molecule has 6 heteroatoms. The lowest BCUT2D eigenvalue weighted by molar-refractivity contribution is -0.257. The van der Waals surface area contributed by atoms with E-state index < -0.39 is 16.7 Å². The summed E-state index contributed by atoms with van der Waals surface area (Å²) in [7, 11) is 0. The molecule has 0 aromatic heterocycles. The molecule has 2 N–H and O–H groups in total. The normalized spacial score (nSPS) is 34.4. The third kappa shape index (κ3) is 1.74. The van der Waals surface area contributed by atoms with Crippen LogP contribution in [0, 0.1) is 39.4 Å². The van der Waals surface area contributed by atoms with Crippen molar-refractivity contribution >= 4 is 5.84 Å². The average Bonchev–Trinajstić information content (AvgIpc) is 3.04. The van der Waals surface area contributed by atoms with Gasteiger partial charge in [0.2, 0.25) is 0 Å². The predicted molar refractivity (Wildman–Crippen MR) is 81.3 cm³/mol. The molecule has 0 aromatic carbocycles. The number of hydrogen-bond acceptors (Lipinski definition) is 6. The van der Waals surface area contributed by atoms with E-state index in [0.29, 0.717) is 13.2 Å². The summed E-state index contributed by atoms with van der Waals surface area (Å²) >= 11 is 0. The number of hydrogen-bond donors (Lipinski definition) is 1. The zero-order valence-corrected chi connectivity index (χ0v) is 13.6. The number of amidine groups is 1. The SMILES string of the molecule is CCCCC[C@H]1[C@]2(C#N)C(N)=NC(OCC)(OCC)[C@]12C#N. The molecule has 6 nitrogen and oxygen atoms in total. The summed E-state index contributed by atoms with van der Waals surface area (Å²) in [5.74, 6) is -1.45. The van der Waals surface area contributed by atoms with E-state index in [2.05, 4.69) is 24.1 Å². The summed E-state index contributed by atoms with van der Waals surface area (Å²) in [6.07, 6.45) is 3.85. The molecule has 3 atom stereocenters. The minimum Gasteiger partial charge on any atom is -0.386 e. The molecule has 2 rings (SSSR count). The molecule has 120 valence electrons. The number of nitrogens with zero attached hydrogens (tertiary/aromatic N) is 3. The maximum absolute atomic E-state index is 9.91. The van der Waals surface area contributed by atoms with Crippen LogP contribution in [0.4, 0.5) is 0 Å². The van der Waals surface area contributed by atoms with E-state index in [1.54, 1.807) is 0 Å². The first-order valence-corrected chi connectivity index (χ1v) is 8.03. The Kier molecular flexibility index (Phi) is 4.47. The van der Waals surface area contributed by atoms with Crippen molar-refractivity contribution in [3.05, 3.63) is 0 Å². The van der Waals surface area contributed by atoms with Gasteiger partial charge in [-0.25, -0.2) is 4.99 Å². The van der Waals surface area contributed by atoms with Gasteiger partial charge >= 0.3 is 0 Å². The fourth-order valence-electron chi connectivity index (χ4n) is 3.95. The van der Waals surface area contributed by atoms with E-state index in [0.717, 1.165) is 25.7 Å². The molecule has 2 aliphatic rings. The number of fused-ring (bicyclic) bond motifs is 1. The van der Waals surface area contributed by atoms with Crippen LogP contribution in [0.5, 0.6) is 0 Å². The standard InChI is InChI=1S/C16H24N4O2/c1-4-7-8-9-12-14(10-17)13(19)20-16(21-5-2,22-6-3)15(12,14)11-18/h12H,4-9H2,1-3H3,(H2,19,20)/t12-,14+,15+/m0/s1. The number of unbranched alkanes of at least 4 members (excludes halogenated alkanes) is 2. The van der Waals surface area contributed by atoms with Crippen LogP contribution >= 0.6 is 0 Å². The van der Waals surface area contributed by atoms with Gasteiger partial charge in [0.25, 0.3) is 5.91 Å². The lowest BCUT2D eigenvalue weighted by Crippen LogP contribution is -2.43. The second kappa shape index (κ2) is 5.87. The highest BCUT2D eigenvalue weighted by Gasteiger charge is 2.92. The van der Waals surface area contributed by atoms with Crippen LogP contribution < -0.4 is 5.73 Å². The van der Waals surface area contributed by atoms with Crippen molar-refractivity contribution in [2.75, 3.05) is 13.2 Å². The third-order valence-corrected chi connectivity index (χ3v) is 4.88. The van der Waals surface area contributed by atoms with Gasteiger partial charge in [0.1, 0.15) is 11.3 Å². The number of aliphatic imine (C=N–C) groups is 1. The topological polar surface area (TPSA) is 104 Å². The summed E-state index contributed by atoms with van der Waals surface area (Å²) in [5.41, 5.74) is 3.88. The van der Waals surface area contributed by atoms with Gasteiger partial charge in [-0.1, -0.05) is 26.2 Å². The smallest absolute Gasteiger partial charge is 0.293 e. The largest absolute Gasteiger partial charge is 0.386 e. The van der Waals surface area contributed by atoms with E-state index in [4.69, 9.17) is 15.2 Å². The monoisotopic (exact) mass is 304 g/mol. The molecule has 0 unspecified atom stereocenters. The Balaban J connectivity index is 2.44. The molecular weight excluding hydrogens is 280 g/mol. The summed E-state index contributed by atoms with van der Waals surface area (Å²) in [6.45, 7) is 6.43. The lowest BCUT2D eigenvalue weighted by atomic mass is 9.93. The van der Waals surface area contributed by atoms with E-state index in [9.17, 15) is 10.5 Å².